The van der Waals surface area contributed by atoms with Crippen molar-refractivity contribution < 1.29 is 18.3 Å². The minimum atomic E-state index is -2.43. The molecule has 1 aliphatic rings. The van der Waals surface area contributed by atoms with E-state index in [2.05, 4.69) is 4.74 Å². The molecular formula is C8H12F2O2. The van der Waals surface area contributed by atoms with Gasteiger partial charge >= 0.3 is 0 Å². The van der Waals surface area contributed by atoms with Crippen molar-refractivity contribution in [2.24, 2.45) is 5.92 Å². The number of hydrogen-bond acceptors (Lipinski definition) is 2. The molecule has 0 amide bonds. The summed E-state index contributed by atoms with van der Waals surface area (Å²) in [7, 11) is 0. The van der Waals surface area contributed by atoms with Crippen LogP contribution in [0.1, 0.15) is 19.3 Å². The summed E-state index contributed by atoms with van der Waals surface area (Å²) in [5, 5.41) is 0. The Kier molecular flexibility index (Phi) is 3.59. The Labute approximate surface area is 69.9 Å². The molecular weight excluding hydrogens is 166 g/mol. The fraction of sp³-hybridized carbons (Fsp3) is 0.875. The molecule has 0 bridgehead atoms. The van der Waals surface area contributed by atoms with Gasteiger partial charge in [0.2, 0.25) is 0 Å². The fourth-order valence-corrected chi connectivity index (χ4v) is 0.955. The molecule has 0 unspecified atom stereocenters. The third-order valence-corrected chi connectivity index (χ3v) is 1.77. The van der Waals surface area contributed by atoms with Crippen molar-refractivity contribution in [3.8, 4) is 0 Å². The number of halogens is 2. The summed E-state index contributed by atoms with van der Waals surface area (Å²) in [6.07, 6.45) is -0.209. The Morgan fingerprint density at radius 1 is 1.50 bits per heavy atom. The van der Waals surface area contributed by atoms with Crippen molar-refractivity contribution in [1.29, 1.82) is 0 Å². The zero-order valence-electron chi connectivity index (χ0n) is 6.76. The minimum Gasteiger partial charge on any atom is -0.375 e. The van der Waals surface area contributed by atoms with E-state index in [0.29, 0.717) is 0 Å². The zero-order chi connectivity index (χ0) is 8.97. The number of carbonyl (C=O) groups is 1. The monoisotopic (exact) mass is 178 g/mol. The molecule has 0 aromatic carbocycles. The van der Waals surface area contributed by atoms with Crippen molar-refractivity contribution in [2.45, 2.75) is 25.7 Å². The molecule has 2 nitrogen and oxygen atoms in total. The maximum atomic E-state index is 11.5. The van der Waals surface area contributed by atoms with Crippen molar-refractivity contribution in [1.82, 2.24) is 0 Å². The van der Waals surface area contributed by atoms with E-state index >= 15 is 0 Å². The third kappa shape index (κ3) is 3.76. The van der Waals surface area contributed by atoms with Gasteiger partial charge in [-0.05, 0) is 12.8 Å². The lowest BCUT2D eigenvalue weighted by atomic mass is 10.2. The normalized spacial score (nSPS) is 16.9. The molecule has 1 fully saturated rings. The van der Waals surface area contributed by atoms with Crippen LogP contribution in [0.15, 0.2) is 0 Å². The molecule has 1 rings (SSSR count). The number of ether oxygens (including phenoxy) is 1. The standard InChI is InChI=1S/C8H12F2O2/c9-8(10)5-12-4-3-7(11)6-1-2-6/h6,8H,1-5H2. The average Bonchev–Trinajstić information content (AvgIpc) is 2.79. The van der Waals surface area contributed by atoms with Gasteiger partial charge in [-0.3, -0.25) is 4.79 Å². The Bertz CT molecular complexity index is 155. The minimum absolute atomic E-state index is 0.139. The van der Waals surface area contributed by atoms with E-state index in [-0.39, 0.29) is 24.7 Å². The van der Waals surface area contributed by atoms with Gasteiger partial charge in [0, 0.05) is 12.3 Å². The molecule has 0 heterocycles. The van der Waals surface area contributed by atoms with Gasteiger partial charge in [-0.25, -0.2) is 8.78 Å². The second-order valence-corrected chi connectivity index (χ2v) is 2.96. The molecule has 0 atom stereocenters. The highest BCUT2D eigenvalue weighted by Gasteiger charge is 2.28. The number of rotatable bonds is 6. The van der Waals surface area contributed by atoms with Crippen LogP contribution in [-0.2, 0) is 9.53 Å². The number of hydrogen-bond donors (Lipinski definition) is 0. The molecule has 1 aliphatic carbocycles. The van der Waals surface area contributed by atoms with Gasteiger partial charge in [0.05, 0.1) is 6.61 Å². The van der Waals surface area contributed by atoms with Crippen molar-refractivity contribution in [2.75, 3.05) is 13.2 Å². The first-order chi connectivity index (χ1) is 5.70. The lowest BCUT2D eigenvalue weighted by molar-refractivity contribution is -0.121. The lowest BCUT2D eigenvalue weighted by Crippen LogP contribution is -2.10. The van der Waals surface area contributed by atoms with Crippen LogP contribution >= 0.6 is 0 Å². The topological polar surface area (TPSA) is 26.3 Å². The van der Waals surface area contributed by atoms with Crippen molar-refractivity contribution in [3.63, 3.8) is 0 Å². The van der Waals surface area contributed by atoms with E-state index in [9.17, 15) is 13.6 Å². The number of alkyl halides is 2. The molecule has 0 aromatic rings. The van der Waals surface area contributed by atoms with Crippen LogP contribution in [0, 0.1) is 5.92 Å². The molecule has 0 saturated heterocycles. The Morgan fingerprint density at radius 3 is 2.67 bits per heavy atom. The number of carbonyl (C=O) groups excluding carboxylic acids is 1. The van der Waals surface area contributed by atoms with Crippen LogP contribution in [0.2, 0.25) is 0 Å². The molecule has 70 valence electrons. The smallest absolute Gasteiger partial charge is 0.261 e. The molecule has 0 aromatic heterocycles. The molecule has 0 spiro atoms. The second-order valence-electron chi connectivity index (χ2n) is 2.96. The summed E-state index contributed by atoms with van der Waals surface area (Å²) in [6, 6.07) is 0. The van der Waals surface area contributed by atoms with Gasteiger partial charge < -0.3 is 4.74 Å². The van der Waals surface area contributed by atoms with E-state index in [4.69, 9.17) is 0 Å². The predicted molar refractivity (Wildman–Crippen MR) is 39.2 cm³/mol. The van der Waals surface area contributed by atoms with Crippen LogP contribution in [0.3, 0.4) is 0 Å². The number of Topliss-reactive ketones (excluding diaryl/α,β-unsaturated/α-hetero) is 1. The molecule has 0 aliphatic heterocycles. The van der Waals surface area contributed by atoms with Crippen molar-refractivity contribution >= 4 is 5.78 Å². The highest BCUT2D eigenvalue weighted by Crippen LogP contribution is 2.30. The summed E-state index contributed by atoms with van der Waals surface area (Å²) >= 11 is 0. The maximum Gasteiger partial charge on any atom is 0.261 e. The largest absolute Gasteiger partial charge is 0.375 e. The van der Waals surface area contributed by atoms with E-state index in [1.807, 2.05) is 0 Å². The summed E-state index contributed by atoms with van der Waals surface area (Å²) in [5.41, 5.74) is 0. The van der Waals surface area contributed by atoms with Gasteiger partial charge in [-0.1, -0.05) is 0 Å². The summed E-state index contributed by atoms with van der Waals surface area (Å²) in [5.74, 6) is 0.365. The van der Waals surface area contributed by atoms with Crippen LogP contribution < -0.4 is 0 Å². The molecule has 1 saturated carbocycles. The van der Waals surface area contributed by atoms with E-state index in [1.165, 1.54) is 0 Å². The number of ketones is 1. The zero-order valence-corrected chi connectivity index (χ0v) is 6.76. The fourth-order valence-electron chi connectivity index (χ4n) is 0.955. The summed E-state index contributed by atoms with van der Waals surface area (Å²) < 4.78 is 27.6. The van der Waals surface area contributed by atoms with Gasteiger partial charge in [-0.2, -0.15) is 0 Å². The Morgan fingerprint density at radius 2 is 2.17 bits per heavy atom. The van der Waals surface area contributed by atoms with Gasteiger partial charge in [-0.15, -0.1) is 0 Å². The van der Waals surface area contributed by atoms with Crippen LogP contribution in [0.4, 0.5) is 8.78 Å². The van der Waals surface area contributed by atoms with Crippen molar-refractivity contribution in [3.05, 3.63) is 0 Å². The van der Waals surface area contributed by atoms with E-state index < -0.39 is 13.0 Å². The maximum absolute atomic E-state index is 11.5. The summed E-state index contributed by atoms with van der Waals surface area (Å²) in [6.45, 7) is -0.419. The Hall–Kier alpha value is -0.510. The Balaban J connectivity index is 1.91. The second kappa shape index (κ2) is 4.50. The molecule has 4 heteroatoms. The van der Waals surface area contributed by atoms with Gasteiger partial charge in [0.1, 0.15) is 12.4 Å². The van der Waals surface area contributed by atoms with Gasteiger partial charge in [0.25, 0.3) is 6.43 Å². The molecule has 12 heavy (non-hydrogen) atoms. The quantitative estimate of drug-likeness (QED) is 0.578. The highest BCUT2D eigenvalue weighted by atomic mass is 19.3. The first-order valence-corrected chi connectivity index (χ1v) is 4.08. The van der Waals surface area contributed by atoms with E-state index in [0.717, 1.165) is 12.8 Å². The van der Waals surface area contributed by atoms with Crippen LogP contribution in [0.5, 0.6) is 0 Å². The SMILES string of the molecule is O=C(CCOCC(F)F)C1CC1. The van der Waals surface area contributed by atoms with Crippen LogP contribution in [-0.4, -0.2) is 25.4 Å². The molecule has 0 N–H and O–H groups in total. The third-order valence-electron chi connectivity index (χ3n) is 1.77. The lowest BCUT2D eigenvalue weighted by Gasteiger charge is -2.01. The first kappa shape index (κ1) is 9.58. The average molecular weight is 178 g/mol. The summed E-state index contributed by atoms with van der Waals surface area (Å²) in [4.78, 5) is 11.0. The van der Waals surface area contributed by atoms with Crippen LogP contribution in [0.25, 0.3) is 0 Å². The molecule has 0 radical (unpaired) electrons. The first-order valence-electron chi connectivity index (χ1n) is 4.08. The van der Waals surface area contributed by atoms with E-state index in [1.54, 1.807) is 0 Å². The predicted octanol–water partition coefficient (Wildman–Crippen LogP) is 1.64. The van der Waals surface area contributed by atoms with Gasteiger partial charge in [0.15, 0.2) is 0 Å². The highest BCUT2D eigenvalue weighted by molar-refractivity contribution is 5.83.